The van der Waals surface area contributed by atoms with Crippen LogP contribution in [0, 0.1) is 0 Å². The maximum atomic E-state index is 12.1. The molecule has 1 aliphatic heterocycles. The lowest BCUT2D eigenvalue weighted by atomic mass is 10.1. The zero-order valence-corrected chi connectivity index (χ0v) is 12.7. The van der Waals surface area contributed by atoms with Crippen molar-refractivity contribution < 1.29 is 13.5 Å². The monoisotopic (exact) mass is 298 g/mol. The molecule has 1 aliphatic rings. The minimum absolute atomic E-state index is 0.217. The molecule has 21 heavy (non-hydrogen) atoms. The highest BCUT2D eigenvalue weighted by Crippen LogP contribution is 2.16. The number of alkyl halides is 2. The van der Waals surface area contributed by atoms with E-state index in [1.165, 1.54) is 6.42 Å². The van der Waals surface area contributed by atoms with Crippen LogP contribution in [0.4, 0.5) is 8.78 Å². The molecule has 2 unspecified atom stereocenters. The lowest BCUT2D eigenvalue weighted by Gasteiger charge is -2.19. The number of aryl methyl sites for hydroxylation is 1. The number of likely N-dealkylation sites (tertiary alicyclic amines) is 1. The highest BCUT2D eigenvalue weighted by molar-refractivity contribution is 5.27. The van der Waals surface area contributed by atoms with Crippen LogP contribution in [0.15, 0.2) is 24.3 Å². The normalized spacial score (nSPS) is 20.9. The van der Waals surface area contributed by atoms with Gasteiger partial charge in [-0.15, -0.1) is 0 Å². The molecule has 118 valence electrons. The Hall–Kier alpha value is -1.20. The van der Waals surface area contributed by atoms with E-state index in [0.717, 1.165) is 31.5 Å². The molecular weight excluding hydrogens is 274 g/mol. The highest BCUT2D eigenvalue weighted by atomic mass is 19.3. The molecule has 0 aliphatic carbocycles. The number of rotatable bonds is 7. The number of likely N-dealkylation sites (N-methyl/N-ethyl adjacent to an activating group) is 1. The molecule has 0 spiro atoms. The molecule has 5 heteroatoms. The first-order valence-corrected chi connectivity index (χ1v) is 7.51. The first-order chi connectivity index (χ1) is 10.0. The van der Waals surface area contributed by atoms with Gasteiger partial charge in [-0.25, -0.2) is 0 Å². The number of benzene rings is 1. The van der Waals surface area contributed by atoms with Crippen LogP contribution in [0.1, 0.15) is 25.3 Å². The molecule has 1 fully saturated rings. The smallest absolute Gasteiger partial charge is 0.387 e. The van der Waals surface area contributed by atoms with E-state index < -0.39 is 6.61 Å². The van der Waals surface area contributed by atoms with Crippen LogP contribution in [0.2, 0.25) is 0 Å². The lowest BCUT2D eigenvalue weighted by Crippen LogP contribution is -2.38. The van der Waals surface area contributed by atoms with Gasteiger partial charge in [0, 0.05) is 18.6 Å². The van der Waals surface area contributed by atoms with E-state index in [-0.39, 0.29) is 5.75 Å². The summed E-state index contributed by atoms with van der Waals surface area (Å²) >= 11 is 0. The largest absolute Gasteiger partial charge is 0.435 e. The van der Waals surface area contributed by atoms with Gasteiger partial charge in [-0.3, -0.25) is 0 Å². The number of nitrogens with one attached hydrogen (secondary N) is 1. The SMILES string of the molecule is CC(CCc1ccc(OC(F)F)cc1)NC1CCN(C)C1. The molecule has 0 bridgehead atoms. The third-order valence-corrected chi connectivity index (χ3v) is 3.93. The summed E-state index contributed by atoms with van der Waals surface area (Å²) in [7, 11) is 2.15. The summed E-state index contributed by atoms with van der Waals surface area (Å²) in [5.41, 5.74) is 1.15. The van der Waals surface area contributed by atoms with E-state index in [9.17, 15) is 8.78 Å². The van der Waals surface area contributed by atoms with Crippen LogP contribution < -0.4 is 10.1 Å². The van der Waals surface area contributed by atoms with Gasteiger partial charge in [0.2, 0.25) is 0 Å². The summed E-state index contributed by atoms with van der Waals surface area (Å²) in [6, 6.07) is 7.96. The summed E-state index contributed by atoms with van der Waals surface area (Å²) in [5.74, 6) is 0.217. The molecule has 1 heterocycles. The standard InChI is InChI=1S/C16H24F2N2O/c1-12(19-14-9-10-20(2)11-14)3-4-13-5-7-15(8-6-13)21-16(17)18/h5-8,12,14,16,19H,3-4,9-11H2,1-2H3. The molecule has 0 amide bonds. The Bertz CT molecular complexity index is 425. The number of hydrogen-bond donors (Lipinski definition) is 1. The maximum absolute atomic E-state index is 12.1. The van der Waals surface area contributed by atoms with Crippen LogP contribution in [0.3, 0.4) is 0 Å². The molecule has 0 aromatic heterocycles. The Balaban J connectivity index is 1.72. The van der Waals surface area contributed by atoms with Crippen molar-refractivity contribution in [2.24, 2.45) is 0 Å². The Morgan fingerprint density at radius 2 is 2.05 bits per heavy atom. The van der Waals surface area contributed by atoms with E-state index in [1.807, 2.05) is 12.1 Å². The van der Waals surface area contributed by atoms with Crippen LogP contribution in [0.25, 0.3) is 0 Å². The van der Waals surface area contributed by atoms with E-state index in [1.54, 1.807) is 12.1 Å². The van der Waals surface area contributed by atoms with Crippen LogP contribution >= 0.6 is 0 Å². The molecule has 1 aromatic rings. The predicted molar refractivity (Wildman–Crippen MR) is 79.9 cm³/mol. The maximum Gasteiger partial charge on any atom is 0.387 e. The highest BCUT2D eigenvalue weighted by Gasteiger charge is 2.20. The van der Waals surface area contributed by atoms with E-state index in [4.69, 9.17) is 0 Å². The summed E-state index contributed by atoms with van der Waals surface area (Å²) in [5, 5.41) is 3.65. The van der Waals surface area contributed by atoms with Gasteiger partial charge in [0.25, 0.3) is 0 Å². The van der Waals surface area contributed by atoms with Gasteiger partial charge in [-0.05, 0) is 57.5 Å². The molecule has 2 atom stereocenters. The number of halogens is 2. The topological polar surface area (TPSA) is 24.5 Å². The molecule has 0 saturated carbocycles. The summed E-state index contributed by atoms with van der Waals surface area (Å²) in [4.78, 5) is 2.34. The predicted octanol–water partition coefficient (Wildman–Crippen LogP) is 2.90. The van der Waals surface area contributed by atoms with Gasteiger partial charge in [0.1, 0.15) is 5.75 Å². The minimum atomic E-state index is -2.76. The number of ether oxygens (including phenoxy) is 1. The molecule has 1 N–H and O–H groups in total. The Labute approximate surface area is 125 Å². The van der Waals surface area contributed by atoms with Crippen molar-refractivity contribution in [3.8, 4) is 5.75 Å². The fourth-order valence-corrected chi connectivity index (χ4v) is 2.78. The van der Waals surface area contributed by atoms with Crippen molar-refractivity contribution >= 4 is 0 Å². The molecular formula is C16H24F2N2O. The quantitative estimate of drug-likeness (QED) is 0.837. The van der Waals surface area contributed by atoms with Crippen molar-refractivity contribution in [1.82, 2.24) is 10.2 Å². The molecule has 1 aromatic carbocycles. The summed E-state index contributed by atoms with van der Waals surface area (Å²) < 4.78 is 28.5. The number of hydrogen-bond acceptors (Lipinski definition) is 3. The fourth-order valence-electron chi connectivity index (χ4n) is 2.78. The van der Waals surface area contributed by atoms with Gasteiger partial charge < -0.3 is 15.0 Å². The van der Waals surface area contributed by atoms with Gasteiger partial charge in [0.05, 0.1) is 0 Å². The van der Waals surface area contributed by atoms with Crippen LogP contribution in [0.5, 0.6) is 5.75 Å². The van der Waals surface area contributed by atoms with E-state index >= 15 is 0 Å². The van der Waals surface area contributed by atoms with Crippen molar-refractivity contribution in [3.05, 3.63) is 29.8 Å². The second kappa shape index (κ2) is 7.71. The van der Waals surface area contributed by atoms with Crippen LogP contribution in [-0.4, -0.2) is 43.7 Å². The first-order valence-electron chi connectivity index (χ1n) is 7.51. The van der Waals surface area contributed by atoms with Gasteiger partial charge >= 0.3 is 6.61 Å². The van der Waals surface area contributed by atoms with Gasteiger partial charge in [-0.1, -0.05) is 12.1 Å². The summed E-state index contributed by atoms with van der Waals surface area (Å²) in [6.07, 6.45) is 3.18. The van der Waals surface area contributed by atoms with E-state index in [2.05, 4.69) is 28.9 Å². The average molecular weight is 298 g/mol. The molecule has 1 saturated heterocycles. The van der Waals surface area contributed by atoms with Crippen molar-refractivity contribution in [2.45, 2.75) is 44.9 Å². The summed E-state index contributed by atoms with van der Waals surface area (Å²) in [6.45, 7) is 1.72. The minimum Gasteiger partial charge on any atom is -0.435 e. The Morgan fingerprint density at radius 3 is 2.62 bits per heavy atom. The van der Waals surface area contributed by atoms with E-state index in [0.29, 0.717) is 12.1 Å². The number of nitrogens with zero attached hydrogens (tertiary/aromatic N) is 1. The average Bonchev–Trinajstić information content (AvgIpc) is 2.83. The molecule has 3 nitrogen and oxygen atoms in total. The van der Waals surface area contributed by atoms with Crippen molar-refractivity contribution in [2.75, 3.05) is 20.1 Å². The third-order valence-electron chi connectivity index (χ3n) is 3.93. The Morgan fingerprint density at radius 1 is 1.33 bits per heavy atom. The molecule has 2 rings (SSSR count). The fraction of sp³-hybridized carbons (Fsp3) is 0.625. The second-order valence-corrected chi connectivity index (χ2v) is 5.88. The van der Waals surface area contributed by atoms with Gasteiger partial charge in [-0.2, -0.15) is 8.78 Å². The van der Waals surface area contributed by atoms with Crippen LogP contribution in [-0.2, 0) is 6.42 Å². The second-order valence-electron chi connectivity index (χ2n) is 5.88. The zero-order chi connectivity index (χ0) is 15.2. The van der Waals surface area contributed by atoms with Crippen molar-refractivity contribution in [3.63, 3.8) is 0 Å². The van der Waals surface area contributed by atoms with Gasteiger partial charge in [0.15, 0.2) is 0 Å². The lowest BCUT2D eigenvalue weighted by molar-refractivity contribution is -0.0498. The third kappa shape index (κ3) is 5.59. The Kier molecular flexibility index (Phi) is 5.94. The van der Waals surface area contributed by atoms with Crippen molar-refractivity contribution in [1.29, 1.82) is 0 Å². The molecule has 0 radical (unpaired) electrons. The first kappa shape index (κ1) is 16.2. The zero-order valence-electron chi connectivity index (χ0n) is 12.7.